The maximum absolute atomic E-state index is 11.6. The lowest BCUT2D eigenvalue weighted by Gasteiger charge is -2.25. The zero-order valence-corrected chi connectivity index (χ0v) is 9.36. The topological polar surface area (TPSA) is 53.9 Å². The highest BCUT2D eigenvalue weighted by atomic mass is 35.5. The minimum atomic E-state index is -0.150. The van der Waals surface area contributed by atoms with Crippen LogP contribution in [-0.2, 0) is 4.79 Å². The number of amides is 1. The average Bonchev–Trinajstić information content (AvgIpc) is 2.30. The number of halogens is 1. The number of hydrogen-bond acceptors (Lipinski definition) is 4. The Hall–Kier alpha value is -1.75. The number of hydrogen-bond donors (Lipinski definition) is 1. The first kappa shape index (κ1) is 10.8. The maximum atomic E-state index is 11.6. The van der Waals surface area contributed by atoms with Crippen molar-refractivity contribution in [2.75, 3.05) is 18.7 Å². The summed E-state index contributed by atoms with van der Waals surface area (Å²) in [5.41, 5.74) is 3.36. The molecule has 1 aliphatic rings. The summed E-state index contributed by atoms with van der Waals surface area (Å²) in [6, 6.07) is 5.06. The molecule has 1 aliphatic heterocycles. The fourth-order valence-corrected chi connectivity index (χ4v) is 1.57. The van der Waals surface area contributed by atoms with Gasteiger partial charge in [-0.05, 0) is 12.1 Å². The monoisotopic (exact) mass is 239 g/mol. The molecule has 6 heteroatoms. The Morgan fingerprint density at radius 1 is 1.56 bits per heavy atom. The molecule has 5 nitrogen and oxygen atoms in total. The second-order valence-electron chi connectivity index (χ2n) is 3.14. The van der Waals surface area contributed by atoms with Crippen molar-refractivity contribution in [3.63, 3.8) is 0 Å². The number of nitrogens with one attached hydrogen (secondary N) is 1. The van der Waals surface area contributed by atoms with Crippen molar-refractivity contribution in [3.8, 4) is 5.75 Å². The van der Waals surface area contributed by atoms with Gasteiger partial charge >= 0.3 is 0 Å². The van der Waals surface area contributed by atoms with Crippen molar-refractivity contribution in [3.05, 3.63) is 23.2 Å². The number of carbonyl (C=O) groups is 1. The number of carbonyl (C=O) groups excluding carboxylic acids is 1. The lowest BCUT2D eigenvalue weighted by atomic mass is 10.2. The number of ether oxygens (including phenoxy) is 1. The zero-order valence-electron chi connectivity index (χ0n) is 8.61. The second-order valence-corrected chi connectivity index (χ2v) is 3.58. The molecule has 0 saturated heterocycles. The Balaban J connectivity index is 2.39. The van der Waals surface area contributed by atoms with Gasteiger partial charge < -0.3 is 4.74 Å². The molecule has 0 aliphatic carbocycles. The molecule has 1 amide bonds. The van der Waals surface area contributed by atoms with E-state index in [0.29, 0.717) is 16.5 Å². The van der Waals surface area contributed by atoms with Crippen LogP contribution in [0, 0.1) is 0 Å². The number of hydrazine groups is 1. The summed E-state index contributed by atoms with van der Waals surface area (Å²) in [5.74, 6) is 0.381. The molecule has 0 fully saturated rings. The van der Waals surface area contributed by atoms with Gasteiger partial charge in [0.15, 0.2) is 0 Å². The van der Waals surface area contributed by atoms with Crippen molar-refractivity contribution >= 4 is 29.5 Å². The van der Waals surface area contributed by atoms with Gasteiger partial charge in [-0.2, -0.15) is 0 Å². The largest absolute Gasteiger partial charge is 0.494 e. The van der Waals surface area contributed by atoms with Gasteiger partial charge in [0.25, 0.3) is 5.91 Å². The van der Waals surface area contributed by atoms with Crippen LogP contribution in [0.25, 0.3) is 0 Å². The number of aliphatic imine (C=N–C) groups is 1. The van der Waals surface area contributed by atoms with E-state index in [4.69, 9.17) is 16.3 Å². The van der Waals surface area contributed by atoms with Crippen LogP contribution in [-0.4, -0.2) is 25.9 Å². The molecule has 0 bridgehead atoms. The lowest BCUT2D eigenvalue weighted by molar-refractivity contribution is -0.117. The number of rotatable bonds is 2. The molecular weight excluding hydrogens is 230 g/mol. The van der Waals surface area contributed by atoms with E-state index < -0.39 is 0 Å². The fourth-order valence-electron chi connectivity index (χ4n) is 1.41. The molecule has 0 radical (unpaired) electrons. The first-order valence-corrected chi connectivity index (χ1v) is 5.01. The number of nitrogens with zero attached hydrogens (tertiary/aromatic N) is 2. The minimum Gasteiger partial charge on any atom is -0.494 e. The van der Waals surface area contributed by atoms with Crippen LogP contribution in [0.4, 0.5) is 5.69 Å². The molecule has 16 heavy (non-hydrogen) atoms. The predicted octanol–water partition coefficient (Wildman–Crippen LogP) is 1.23. The molecule has 2 rings (SSSR count). The average molecular weight is 240 g/mol. The molecule has 1 aromatic carbocycles. The molecule has 0 unspecified atom stereocenters. The molecule has 84 valence electrons. The van der Waals surface area contributed by atoms with Crippen molar-refractivity contribution in [2.45, 2.75) is 0 Å². The Morgan fingerprint density at radius 3 is 3.06 bits per heavy atom. The van der Waals surface area contributed by atoms with E-state index in [2.05, 4.69) is 10.4 Å². The van der Waals surface area contributed by atoms with E-state index in [9.17, 15) is 4.79 Å². The molecule has 0 spiro atoms. The van der Waals surface area contributed by atoms with E-state index in [0.717, 1.165) is 0 Å². The summed E-state index contributed by atoms with van der Waals surface area (Å²) in [4.78, 5) is 15.4. The molecular formula is C10H10ClN3O2. The van der Waals surface area contributed by atoms with Crippen molar-refractivity contribution in [1.82, 2.24) is 5.43 Å². The fraction of sp³-hybridized carbons (Fsp3) is 0.200. The Bertz CT molecular complexity index is 448. The third-order valence-electron chi connectivity index (χ3n) is 2.14. The highest BCUT2D eigenvalue weighted by molar-refractivity contribution is 6.30. The van der Waals surface area contributed by atoms with Crippen molar-refractivity contribution in [1.29, 1.82) is 0 Å². The van der Waals surface area contributed by atoms with Crippen LogP contribution in [0.5, 0.6) is 5.75 Å². The van der Waals surface area contributed by atoms with Gasteiger partial charge in [0.05, 0.1) is 7.11 Å². The molecule has 1 N–H and O–H groups in total. The summed E-state index contributed by atoms with van der Waals surface area (Å²) in [5, 5.41) is 1.93. The van der Waals surface area contributed by atoms with Gasteiger partial charge in [0, 0.05) is 11.1 Å². The standard InChI is InChI=1S/C10H10ClN3O2/c1-16-9-4-7(11)2-3-8(9)14-10(15)5-12-6-13-14/h2-4,6H,5H2,1H3,(H,12,13). The van der Waals surface area contributed by atoms with Crippen LogP contribution in [0.3, 0.4) is 0 Å². The highest BCUT2D eigenvalue weighted by Gasteiger charge is 2.20. The number of methoxy groups -OCH3 is 1. The van der Waals surface area contributed by atoms with E-state index in [1.165, 1.54) is 18.5 Å². The molecule has 1 aromatic rings. The van der Waals surface area contributed by atoms with Crippen LogP contribution < -0.4 is 15.2 Å². The van der Waals surface area contributed by atoms with E-state index >= 15 is 0 Å². The summed E-state index contributed by atoms with van der Waals surface area (Å²) < 4.78 is 5.16. The van der Waals surface area contributed by atoms with Gasteiger partial charge in [-0.25, -0.2) is 5.01 Å². The molecule has 1 heterocycles. The van der Waals surface area contributed by atoms with Gasteiger partial charge in [-0.15, -0.1) is 0 Å². The lowest BCUT2D eigenvalue weighted by Crippen LogP contribution is -2.46. The third kappa shape index (κ3) is 1.94. The normalized spacial score (nSPS) is 14.9. The predicted molar refractivity (Wildman–Crippen MR) is 62.0 cm³/mol. The molecule has 0 saturated carbocycles. The maximum Gasteiger partial charge on any atom is 0.267 e. The molecule has 0 aromatic heterocycles. The van der Waals surface area contributed by atoms with E-state index in [1.807, 2.05) is 0 Å². The Labute approximate surface area is 97.6 Å². The van der Waals surface area contributed by atoms with Crippen LogP contribution >= 0.6 is 11.6 Å². The van der Waals surface area contributed by atoms with Gasteiger partial charge in [-0.3, -0.25) is 15.2 Å². The van der Waals surface area contributed by atoms with Crippen molar-refractivity contribution in [2.24, 2.45) is 4.99 Å². The van der Waals surface area contributed by atoms with Gasteiger partial charge in [-0.1, -0.05) is 11.6 Å². The summed E-state index contributed by atoms with van der Waals surface area (Å²) >= 11 is 5.84. The number of benzene rings is 1. The quantitative estimate of drug-likeness (QED) is 0.845. The summed E-state index contributed by atoms with van der Waals surface area (Å²) in [7, 11) is 1.53. The SMILES string of the molecule is COc1cc(Cl)ccc1N1NC=NCC1=O. The first-order valence-electron chi connectivity index (χ1n) is 4.63. The summed E-state index contributed by atoms with van der Waals surface area (Å²) in [6.45, 7) is 0.124. The Kier molecular flexibility index (Phi) is 2.96. The number of anilines is 1. The Morgan fingerprint density at radius 2 is 2.38 bits per heavy atom. The van der Waals surface area contributed by atoms with Crippen LogP contribution in [0.15, 0.2) is 23.2 Å². The smallest absolute Gasteiger partial charge is 0.267 e. The molecule has 0 atom stereocenters. The van der Waals surface area contributed by atoms with Gasteiger partial charge in [0.2, 0.25) is 0 Å². The third-order valence-corrected chi connectivity index (χ3v) is 2.37. The van der Waals surface area contributed by atoms with Crippen molar-refractivity contribution < 1.29 is 9.53 Å². The highest BCUT2D eigenvalue weighted by Crippen LogP contribution is 2.30. The second kappa shape index (κ2) is 4.40. The first-order chi connectivity index (χ1) is 7.72. The summed E-state index contributed by atoms with van der Waals surface area (Å²) in [6.07, 6.45) is 1.47. The van der Waals surface area contributed by atoms with Crippen LogP contribution in [0.2, 0.25) is 5.02 Å². The van der Waals surface area contributed by atoms with Gasteiger partial charge in [0.1, 0.15) is 24.3 Å². The van der Waals surface area contributed by atoms with E-state index in [1.54, 1.807) is 18.2 Å². The zero-order chi connectivity index (χ0) is 11.5. The van der Waals surface area contributed by atoms with Crippen LogP contribution in [0.1, 0.15) is 0 Å². The van der Waals surface area contributed by atoms with E-state index in [-0.39, 0.29) is 12.5 Å². The minimum absolute atomic E-state index is 0.124.